The minimum atomic E-state index is -1.04. The second-order valence-electron chi connectivity index (χ2n) is 4.98. The van der Waals surface area contributed by atoms with E-state index in [9.17, 15) is 14.7 Å². The Morgan fingerprint density at radius 3 is 2.45 bits per heavy atom. The van der Waals surface area contributed by atoms with Gasteiger partial charge in [-0.05, 0) is 36.8 Å². The van der Waals surface area contributed by atoms with Crippen LogP contribution in [-0.4, -0.2) is 29.0 Å². The van der Waals surface area contributed by atoms with E-state index in [0.29, 0.717) is 11.3 Å². The van der Waals surface area contributed by atoms with Crippen LogP contribution in [0, 0.1) is 19.8 Å². The Bertz CT molecular complexity index is 502. The molecule has 20 heavy (non-hydrogen) atoms. The Morgan fingerprint density at radius 1 is 1.30 bits per heavy atom. The molecule has 1 aromatic carbocycles. The van der Waals surface area contributed by atoms with E-state index in [1.54, 1.807) is 24.8 Å². The molecule has 0 heterocycles. The van der Waals surface area contributed by atoms with Gasteiger partial charge in [0.2, 0.25) is 5.91 Å². The quantitative estimate of drug-likeness (QED) is 0.846. The topological polar surface area (TPSA) is 66.4 Å². The molecule has 1 aromatic rings. The highest BCUT2D eigenvalue weighted by Crippen LogP contribution is 2.18. The van der Waals surface area contributed by atoms with Gasteiger partial charge in [0.15, 0.2) is 6.04 Å². The zero-order valence-corrected chi connectivity index (χ0v) is 13.1. The van der Waals surface area contributed by atoms with Gasteiger partial charge in [0.25, 0.3) is 0 Å². The Morgan fingerprint density at radius 2 is 1.95 bits per heavy atom. The maximum Gasteiger partial charge on any atom is 0.330 e. The van der Waals surface area contributed by atoms with E-state index >= 15 is 0 Å². The molecule has 0 aromatic heterocycles. The molecule has 1 amide bonds. The zero-order chi connectivity index (χ0) is 15.3. The molecule has 0 fully saturated rings. The molecule has 2 atom stereocenters. The Balaban J connectivity index is 2.92. The van der Waals surface area contributed by atoms with E-state index in [2.05, 4.69) is 5.32 Å². The third kappa shape index (κ3) is 4.27. The summed E-state index contributed by atoms with van der Waals surface area (Å²) in [7, 11) is 0. The number of carbonyl (C=O) groups excluding carboxylic acids is 1. The normalized spacial score (nSPS) is 13.6. The van der Waals surface area contributed by atoms with Crippen molar-refractivity contribution < 1.29 is 14.7 Å². The van der Waals surface area contributed by atoms with Crippen molar-refractivity contribution in [3.63, 3.8) is 0 Å². The number of amides is 1. The van der Waals surface area contributed by atoms with Gasteiger partial charge in [-0.3, -0.25) is 4.79 Å². The lowest BCUT2D eigenvalue weighted by atomic mass is 10.0. The molecule has 0 radical (unpaired) electrons. The molecule has 4 nitrogen and oxygen atoms in total. The van der Waals surface area contributed by atoms with Crippen molar-refractivity contribution in [1.29, 1.82) is 0 Å². The maximum absolute atomic E-state index is 12.0. The summed E-state index contributed by atoms with van der Waals surface area (Å²) in [5.74, 6) is -0.813. The van der Waals surface area contributed by atoms with E-state index in [1.807, 2.05) is 32.2 Å². The van der Waals surface area contributed by atoms with Crippen LogP contribution in [0.3, 0.4) is 0 Å². The van der Waals surface area contributed by atoms with Crippen molar-refractivity contribution in [3.8, 4) is 0 Å². The number of rotatable bonds is 6. The summed E-state index contributed by atoms with van der Waals surface area (Å²) in [6.07, 6.45) is 1.92. The third-order valence-electron chi connectivity index (χ3n) is 3.26. The molecule has 0 aliphatic heterocycles. The smallest absolute Gasteiger partial charge is 0.330 e. The molecule has 0 saturated carbocycles. The first kappa shape index (κ1) is 16.6. The number of carbonyl (C=O) groups is 2. The highest BCUT2D eigenvalue weighted by Gasteiger charge is 2.24. The molecular formula is C15H21NO3S. The molecule has 2 N–H and O–H groups in total. The molecule has 2 unspecified atom stereocenters. The van der Waals surface area contributed by atoms with Crippen LogP contribution in [0.25, 0.3) is 0 Å². The summed E-state index contributed by atoms with van der Waals surface area (Å²) in [4.78, 5) is 23.4. The van der Waals surface area contributed by atoms with Gasteiger partial charge in [0.1, 0.15) is 0 Å². The minimum absolute atomic E-state index is 0.210. The number of thioether (sulfide) groups is 1. The van der Waals surface area contributed by atoms with Gasteiger partial charge in [-0.1, -0.05) is 25.1 Å². The van der Waals surface area contributed by atoms with E-state index in [-0.39, 0.29) is 11.8 Å². The zero-order valence-electron chi connectivity index (χ0n) is 12.3. The van der Waals surface area contributed by atoms with Gasteiger partial charge in [0.05, 0.1) is 0 Å². The molecular weight excluding hydrogens is 274 g/mol. The molecule has 0 bridgehead atoms. The van der Waals surface area contributed by atoms with Gasteiger partial charge in [-0.15, -0.1) is 0 Å². The summed E-state index contributed by atoms with van der Waals surface area (Å²) >= 11 is 1.57. The number of aliphatic carboxylic acids is 1. The number of hydrogen-bond acceptors (Lipinski definition) is 3. The van der Waals surface area contributed by atoms with Crippen molar-refractivity contribution in [3.05, 3.63) is 34.9 Å². The maximum atomic E-state index is 12.0. The summed E-state index contributed by atoms with van der Waals surface area (Å²) in [5.41, 5.74) is 2.71. The number of carboxylic acids is 1. The second kappa shape index (κ2) is 7.33. The van der Waals surface area contributed by atoms with Gasteiger partial charge >= 0.3 is 5.97 Å². The van der Waals surface area contributed by atoms with Crippen LogP contribution >= 0.6 is 11.8 Å². The number of carboxylic acid groups (broad SMARTS) is 1. The van der Waals surface area contributed by atoms with Gasteiger partial charge < -0.3 is 10.4 Å². The fourth-order valence-electron chi connectivity index (χ4n) is 1.84. The SMILES string of the molecule is CSCC(C)C(=O)NC(C(=O)O)c1ccc(C)c(C)c1. The van der Waals surface area contributed by atoms with E-state index < -0.39 is 12.0 Å². The van der Waals surface area contributed by atoms with E-state index in [0.717, 1.165) is 11.1 Å². The molecule has 0 spiro atoms. The van der Waals surface area contributed by atoms with Crippen LogP contribution in [0.5, 0.6) is 0 Å². The first-order valence-corrected chi connectivity index (χ1v) is 7.85. The van der Waals surface area contributed by atoms with Crippen molar-refractivity contribution in [2.75, 3.05) is 12.0 Å². The van der Waals surface area contributed by atoms with Crippen molar-refractivity contribution >= 4 is 23.6 Å². The molecule has 0 aliphatic rings. The number of hydrogen-bond donors (Lipinski definition) is 2. The van der Waals surface area contributed by atoms with Crippen molar-refractivity contribution in [2.45, 2.75) is 26.8 Å². The third-order valence-corrected chi connectivity index (χ3v) is 4.10. The largest absolute Gasteiger partial charge is 0.479 e. The summed E-state index contributed by atoms with van der Waals surface area (Å²) in [6.45, 7) is 5.69. The van der Waals surface area contributed by atoms with Crippen molar-refractivity contribution in [2.24, 2.45) is 5.92 Å². The Labute approximate surface area is 124 Å². The molecule has 0 saturated heterocycles. The predicted molar refractivity (Wildman–Crippen MR) is 82.0 cm³/mol. The highest BCUT2D eigenvalue weighted by molar-refractivity contribution is 7.98. The number of nitrogens with one attached hydrogen (secondary N) is 1. The molecule has 110 valence electrons. The van der Waals surface area contributed by atoms with Crippen LogP contribution in [0.4, 0.5) is 0 Å². The second-order valence-corrected chi connectivity index (χ2v) is 5.89. The lowest BCUT2D eigenvalue weighted by Gasteiger charge is -2.18. The van der Waals surface area contributed by atoms with Crippen LogP contribution in [0.1, 0.15) is 29.7 Å². The predicted octanol–water partition coefficient (Wildman–Crippen LogP) is 2.54. The van der Waals surface area contributed by atoms with Crippen molar-refractivity contribution in [1.82, 2.24) is 5.32 Å². The average Bonchev–Trinajstić information content (AvgIpc) is 2.39. The highest BCUT2D eigenvalue weighted by atomic mass is 32.2. The van der Waals surface area contributed by atoms with Gasteiger partial charge in [-0.25, -0.2) is 4.79 Å². The average molecular weight is 295 g/mol. The fraction of sp³-hybridized carbons (Fsp3) is 0.467. The molecule has 0 aliphatic carbocycles. The summed E-state index contributed by atoms with van der Waals surface area (Å²) < 4.78 is 0. The van der Waals surface area contributed by atoms with Gasteiger partial charge in [-0.2, -0.15) is 11.8 Å². The fourth-order valence-corrected chi connectivity index (χ4v) is 2.49. The molecule has 5 heteroatoms. The number of aryl methyl sites for hydroxylation is 2. The Kier molecular flexibility index (Phi) is 6.07. The van der Waals surface area contributed by atoms with E-state index in [4.69, 9.17) is 0 Å². The Hall–Kier alpha value is -1.49. The van der Waals surface area contributed by atoms with Crippen LogP contribution in [-0.2, 0) is 9.59 Å². The van der Waals surface area contributed by atoms with Crippen LogP contribution in [0.2, 0.25) is 0 Å². The molecule has 1 rings (SSSR count). The minimum Gasteiger partial charge on any atom is -0.479 e. The number of benzene rings is 1. The monoisotopic (exact) mass is 295 g/mol. The lowest BCUT2D eigenvalue weighted by molar-refractivity contribution is -0.142. The van der Waals surface area contributed by atoms with Crippen LogP contribution < -0.4 is 5.32 Å². The summed E-state index contributed by atoms with van der Waals surface area (Å²) in [5, 5.41) is 11.9. The first-order valence-electron chi connectivity index (χ1n) is 6.46. The van der Waals surface area contributed by atoms with E-state index in [1.165, 1.54) is 0 Å². The van der Waals surface area contributed by atoms with Crippen LogP contribution in [0.15, 0.2) is 18.2 Å². The summed E-state index contributed by atoms with van der Waals surface area (Å²) in [6, 6.07) is 4.44. The van der Waals surface area contributed by atoms with Gasteiger partial charge in [0, 0.05) is 11.7 Å². The standard InChI is InChI=1S/C15H21NO3S/c1-9-5-6-12(7-10(9)2)13(15(18)19)16-14(17)11(3)8-20-4/h5-7,11,13H,8H2,1-4H3,(H,16,17)(H,18,19). The lowest BCUT2D eigenvalue weighted by Crippen LogP contribution is -2.37. The first-order chi connectivity index (χ1) is 9.36.